The number of nitrogens with zero attached hydrogens (tertiary/aromatic N) is 2. The zero-order valence-corrected chi connectivity index (χ0v) is 9.82. The minimum atomic E-state index is 0.546. The molecule has 2 aromatic rings. The number of methoxy groups -OCH3 is 1. The van der Waals surface area contributed by atoms with E-state index >= 15 is 0 Å². The summed E-state index contributed by atoms with van der Waals surface area (Å²) in [6.45, 7) is 0. The van der Waals surface area contributed by atoms with E-state index in [1.165, 1.54) is 0 Å². The minimum absolute atomic E-state index is 0.546. The standard InChI is InChI=1S/C12H12N2OS/c1-15-10-4-2-9(3-5-10)11-6-7-13-12(8-16)14-11/h2-7,16H,8H2,1H3. The Bertz CT molecular complexity index is 471. The number of rotatable bonds is 3. The number of benzene rings is 1. The lowest BCUT2D eigenvalue weighted by Gasteiger charge is -2.03. The number of hydrogen-bond acceptors (Lipinski definition) is 4. The Labute approximate surface area is 99.9 Å². The molecule has 0 aliphatic heterocycles. The smallest absolute Gasteiger partial charge is 0.138 e. The van der Waals surface area contributed by atoms with Crippen LogP contribution in [-0.2, 0) is 5.75 Å². The molecule has 3 nitrogen and oxygen atoms in total. The molecule has 1 aromatic carbocycles. The first kappa shape index (κ1) is 11.0. The summed E-state index contributed by atoms with van der Waals surface area (Å²) in [6.07, 6.45) is 1.75. The topological polar surface area (TPSA) is 35.0 Å². The van der Waals surface area contributed by atoms with E-state index in [0.717, 1.165) is 22.8 Å². The molecule has 82 valence electrons. The van der Waals surface area contributed by atoms with Gasteiger partial charge in [-0.3, -0.25) is 0 Å². The van der Waals surface area contributed by atoms with E-state index in [4.69, 9.17) is 4.74 Å². The van der Waals surface area contributed by atoms with E-state index in [1.807, 2.05) is 30.3 Å². The molecule has 0 spiro atoms. The molecule has 4 heteroatoms. The second-order valence-corrected chi connectivity index (χ2v) is 3.56. The van der Waals surface area contributed by atoms with Gasteiger partial charge in [-0.05, 0) is 30.3 Å². The maximum absolute atomic E-state index is 5.10. The molecule has 0 unspecified atom stereocenters. The van der Waals surface area contributed by atoms with Gasteiger partial charge in [0.15, 0.2) is 0 Å². The van der Waals surface area contributed by atoms with Gasteiger partial charge in [-0.25, -0.2) is 9.97 Å². The molecule has 0 saturated carbocycles. The van der Waals surface area contributed by atoms with Gasteiger partial charge in [-0.1, -0.05) is 0 Å². The second-order valence-electron chi connectivity index (χ2n) is 3.24. The zero-order valence-electron chi connectivity index (χ0n) is 8.92. The molecular weight excluding hydrogens is 220 g/mol. The van der Waals surface area contributed by atoms with Crippen LogP contribution in [0.2, 0.25) is 0 Å². The van der Waals surface area contributed by atoms with Crippen molar-refractivity contribution in [2.24, 2.45) is 0 Å². The Morgan fingerprint density at radius 3 is 2.56 bits per heavy atom. The van der Waals surface area contributed by atoms with E-state index in [2.05, 4.69) is 22.6 Å². The van der Waals surface area contributed by atoms with Gasteiger partial charge in [-0.15, -0.1) is 0 Å². The maximum atomic E-state index is 5.10. The highest BCUT2D eigenvalue weighted by Gasteiger charge is 2.01. The van der Waals surface area contributed by atoms with Crippen molar-refractivity contribution >= 4 is 12.6 Å². The van der Waals surface area contributed by atoms with Crippen molar-refractivity contribution in [3.05, 3.63) is 42.4 Å². The SMILES string of the molecule is COc1ccc(-c2ccnc(CS)n2)cc1. The highest BCUT2D eigenvalue weighted by atomic mass is 32.1. The van der Waals surface area contributed by atoms with Crippen LogP contribution in [0.5, 0.6) is 5.75 Å². The van der Waals surface area contributed by atoms with Crippen LogP contribution < -0.4 is 4.74 Å². The van der Waals surface area contributed by atoms with Gasteiger partial charge in [0, 0.05) is 11.8 Å². The molecule has 2 rings (SSSR count). The monoisotopic (exact) mass is 232 g/mol. The first-order valence-electron chi connectivity index (χ1n) is 4.90. The third-order valence-corrected chi connectivity index (χ3v) is 2.52. The summed E-state index contributed by atoms with van der Waals surface area (Å²) >= 11 is 4.16. The van der Waals surface area contributed by atoms with Crippen LogP contribution in [-0.4, -0.2) is 17.1 Å². The molecule has 16 heavy (non-hydrogen) atoms. The molecule has 1 heterocycles. The Kier molecular flexibility index (Phi) is 3.41. The summed E-state index contributed by atoms with van der Waals surface area (Å²) in [5.74, 6) is 2.12. The number of hydrogen-bond donors (Lipinski definition) is 1. The average molecular weight is 232 g/mol. The first-order chi connectivity index (χ1) is 7.83. The highest BCUT2D eigenvalue weighted by molar-refractivity contribution is 7.79. The fraction of sp³-hybridized carbons (Fsp3) is 0.167. The molecule has 0 N–H and O–H groups in total. The lowest BCUT2D eigenvalue weighted by molar-refractivity contribution is 0.415. The van der Waals surface area contributed by atoms with Crippen LogP contribution in [0.1, 0.15) is 5.82 Å². The van der Waals surface area contributed by atoms with Crippen LogP contribution in [0.3, 0.4) is 0 Å². The molecule has 0 radical (unpaired) electrons. The molecular formula is C12H12N2OS. The predicted molar refractivity (Wildman–Crippen MR) is 66.7 cm³/mol. The van der Waals surface area contributed by atoms with Crippen molar-refractivity contribution < 1.29 is 4.74 Å². The van der Waals surface area contributed by atoms with Gasteiger partial charge in [0.25, 0.3) is 0 Å². The van der Waals surface area contributed by atoms with Crippen LogP contribution in [0, 0.1) is 0 Å². The largest absolute Gasteiger partial charge is 0.497 e. The maximum Gasteiger partial charge on any atom is 0.138 e. The Morgan fingerprint density at radius 1 is 1.19 bits per heavy atom. The lowest BCUT2D eigenvalue weighted by Crippen LogP contribution is -1.92. The third kappa shape index (κ3) is 2.33. The van der Waals surface area contributed by atoms with Crippen molar-refractivity contribution in [3.8, 4) is 17.0 Å². The van der Waals surface area contributed by atoms with Crippen LogP contribution in [0.25, 0.3) is 11.3 Å². The van der Waals surface area contributed by atoms with Gasteiger partial charge in [0.05, 0.1) is 18.6 Å². The fourth-order valence-electron chi connectivity index (χ4n) is 1.40. The normalized spacial score (nSPS) is 10.1. The van der Waals surface area contributed by atoms with Crippen LogP contribution in [0.4, 0.5) is 0 Å². The number of ether oxygens (including phenoxy) is 1. The first-order valence-corrected chi connectivity index (χ1v) is 5.54. The summed E-state index contributed by atoms with van der Waals surface area (Å²) in [5, 5.41) is 0. The van der Waals surface area contributed by atoms with Crippen LogP contribution in [0.15, 0.2) is 36.5 Å². The Balaban J connectivity index is 2.34. The van der Waals surface area contributed by atoms with E-state index in [1.54, 1.807) is 13.3 Å². The second kappa shape index (κ2) is 4.99. The van der Waals surface area contributed by atoms with E-state index in [0.29, 0.717) is 5.75 Å². The van der Waals surface area contributed by atoms with E-state index in [-0.39, 0.29) is 0 Å². The van der Waals surface area contributed by atoms with Crippen molar-refractivity contribution in [2.45, 2.75) is 5.75 Å². The Hall–Kier alpha value is -1.55. The molecule has 0 bridgehead atoms. The van der Waals surface area contributed by atoms with E-state index in [9.17, 15) is 0 Å². The van der Waals surface area contributed by atoms with Crippen LogP contribution >= 0.6 is 12.6 Å². The number of aromatic nitrogens is 2. The van der Waals surface area contributed by atoms with Crippen molar-refractivity contribution in [1.29, 1.82) is 0 Å². The number of thiol groups is 1. The molecule has 1 aromatic heterocycles. The lowest BCUT2D eigenvalue weighted by atomic mass is 10.1. The zero-order chi connectivity index (χ0) is 11.4. The predicted octanol–water partition coefficient (Wildman–Crippen LogP) is 2.58. The van der Waals surface area contributed by atoms with Gasteiger partial charge >= 0.3 is 0 Å². The summed E-state index contributed by atoms with van der Waals surface area (Å²) in [4.78, 5) is 8.49. The molecule has 0 atom stereocenters. The van der Waals surface area contributed by atoms with Crippen molar-refractivity contribution in [2.75, 3.05) is 7.11 Å². The summed E-state index contributed by atoms with van der Waals surface area (Å²) < 4.78 is 5.10. The minimum Gasteiger partial charge on any atom is -0.497 e. The van der Waals surface area contributed by atoms with Gasteiger partial charge < -0.3 is 4.74 Å². The molecule has 0 amide bonds. The molecule has 0 fully saturated rings. The third-order valence-electron chi connectivity index (χ3n) is 2.23. The summed E-state index contributed by atoms with van der Waals surface area (Å²) in [7, 11) is 1.65. The summed E-state index contributed by atoms with van der Waals surface area (Å²) in [5.41, 5.74) is 1.95. The quantitative estimate of drug-likeness (QED) is 0.826. The van der Waals surface area contributed by atoms with Gasteiger partial charge in [0.2, 0.25) is 0 Å². The molecule has 0 aliphatic rings. The molecule has 0 aliphatic carbocycles. The van der Waals surface area contributed by atoms with Crippen molar-refractivity contribution in [1.82, 2.24) is 9.97 Å². The fourth-order valence-corrected chi connectivity index (χ4v) is 1.55. The van der Waals surface area contributed by atoms with Gasteiger partial charge in [-0.2, -0.15) is 12.6 Å². The molecule has 0 saturated heterocycles. The summed E-state index contributed by atoms with van der Waals surface area (Å²) in [6, 6.07) is 9.66. The van der Waals surface area contributed by atoms with Gasteiger partial charge in [0.1, 0.15) is 11.6 Å². The van der Waals surface area contributed by atoms with Crippen molar-refractivity contribution in [3.63, 3.8) is 0 Å². The average Bonchev–Trinajstić information content (AvgIpc) is 2.39. The Morgan fingerprint density at radius 2 is 1.94 bits per heavy atom. The highest BCUT2D eigenvalue weighted by Crippen LogP contribution is 2.20. The van der Waals surface area contributed by atoms with E-state index < -0.39 is 0 Å².